The van der Waals surface area contributed by atoms with Crippen molar-refractivity contribution in [1.29, 1.82) is 0 Å². The Bertz CT molecular complexity index is 1310. The topological polar surface area (TPSA) is 97.6 Å². The third-order valence-corrected chi connectivity index (χ3v) is 4.31. The van der Waals surface area contributed by atoms with Crippen LogP contribution in [-0.2, 0) is 11.0 Å². The van der Waals surface area contributed by atoms with Gasteiger partial charge in [0.1, 0.15) is 6.33 Å². The highest BCUT2D eigenvalue weighted by atomic mass is 19.4. The molecule has 162 valence electrons. The molecule has 0 aliphatic carbocycles. The largest absolute Gasteiger partial charge is 0.416 e. The van der Waals surface area contributed by atoms with Gasteiger partial charge in [-0.1, -0.05) is 12.1 Å². The first-order valence-corrected chi connectivity index (χ1v) is 9.34. The van der Waals surface area contributed by atoms with E-state index in [9.17, 15) is 18.0 Å². The molecule has 2 aromatic carbocycles. The van der Waals surface area contributed by atoms with E-state index in [1.807, 2.05) is 18.2 Å². The van der Waals surface area contributed by atoms with Crippen molar-refractivity contribution in [2.24, 2.45) is 0 Å². The molecule has 0 aliphatic rings. The minimum absolute atomic E-state index is 0.105. The summed E-state index contributed by atoms with van der Waals surface area (Å²) in [6.45, 7) is 1.56. The first-order chi connectivity index (χ1) is 15.3. The molecule has 0 bridgehead atoms. The van der Waals surface area contributed by atoms with Gasteiger partial charge in [-0.25, -0.2) is 14.6 Å². The number of hydrogen-bond donors (Lipinski definition) is 2. The zero-order chi connectivity index (χ0) is 22.7. The van der Waals surface area contributed by atoms with Crippen LogP contribution in [0.15, 0.2) is 61.1 Å². The van der Waals surface area contributed by atoms with E-state index in [4.69, 9.17) is 0 Å². The molecule has 0 saturated carbocycles. The lowest BCUT2D eigenvalue weighted by Gasteiger charge is -2.09. The maximum absolute atomic E-state index is 13.0. The predicted octanol–water partition coefficient (Wildman–Crippen LogP) is 3.83. The van der Waals surface area contributed by atoms with Gasteiger partial charge >= 0.3 is 6.18 Å². The van der Waals surface area contributed by atoms with E-state index in [1.165, 1.54) is 29.5 Å². The first kappa shape index (κ1) is 21.0. The van der Waals surface area contributed by atoms with Crippen molar-refractivity contribution < 1.29 is 18.0 Å². The molecule has 2 N–H and O–H groups in total. The highest BCUT2D eigenvalue weighted by Crippen LogP contribution is 2.32. The van der Waals surface area contributed by atoms with Gasteiger partial charge in [0.05, 0.1) is 22.8 Å². The van der Waals surface area contributed by atoms with E-state index in [0.717, 1.165) is 17.6 Å². The SMILES string of the molecule is Cc1cc(-c2ncn(/C=C\C(=O)NNc3cnc4ccccc4n3)n2)cc(C(F)(F)F)c1. The quantitative estimate of drug-likeness (QED) is 0.362. The average Bonchev–Trinajstić information content (AvgIpc) is 3.24. The second-order valence-corrected chi connectivity index (χ2v) is 6.81. The second kappa shape index (κ2) is 8.46. The van der Waals surface area contributed by atoms with Crippen molar-refractivity contribution in [3.8, 4) is 11.4 Å². The third kappa shape index (κ3) is 4.89. The molecule has 2 aromatic heterocycles. The summed E-state index contributed by atoms with van der Waals surface area (Å²) in [6.07, 6.45) is 0.797. The van der Waals surface area contributed by atoms with Gasteiger partial charge in [0.15, 0.2) is 11.6 Å². The van der Waals surface area contributed by atoms with Crippen molar-refractivity contribution >= 4 is 29.0 Å². The van der Waals surface area contributed by atoms with Crippen LogP contribution >= 0.6 is 0 Å². The number of rotatable bonds is 5. The number of hydrazine groups is 1. The number of aryl methyl sites for hydroxylation is 1. The fourth-order valence-corrected chi connectivity index (χ4v) is 2.88. The molecule has 0 aliphatic heterocycles. The van der Waals surface area contributed by atoms with Crippen molar-refractivity contribution in [2.75, 3.05) is 5.43 Å². The lowest BCUT2D eigenvalue weighted by Crippen LogP contribution is -2.28. The Labute approximate surface area is 179 Å². The number of nitrogens with zero attached hydrogens (tertiary/aromatic N) is 5. The van der Waals surface area contributed by atoms with Crippen LogP contribution in [0.4, 0.5) is 19.0 Å². The minimum Gasteiger partial charge on any atom is -0.280 e. The Balaban J connectivity index is 1.41. The van der Waals surface area contributed by atoms with Gasteiger partial charge in [-0.3, -0.25) is 20.6 Å². The van der Waals surface area contributed by atoms with Crippen LogP contribution in [0.3, 0.4) is 0 Å². The smallest absolute Gasteiger partial charge is 0.280 e. The van der Waals surface area contributed by atoms with E-state index >= 15 is 0 Å². The minimum atomic E-state index is -4.47. The summed E-state index contributed by atoms with van der Waals surface area (Å²) in [5.74, 6) is -0.0471. The number of nitrogens with one attached hydrogen (secondary N) is 2. The number of amides is 1. The molecule has 0 fully saturated rings. The number of alkyl halides is 3. The van der Waals surface area contributed by atoms with E-state index in [-0.39, 0.29) is 11.4 Å². The number of aromatic nitrogens is 5. The van der Waals surface area contributed by atoms with Crippen molar-refractivity contribution in [3.05, 3.63) is 72.2 Å². The lowest BCUT2D eigenvalue weighted by atomic mass is 10.1. The second-order valence-electron chi connectivity index (χ2n) is 6.81. The normalized spacial score (nSPS) is 11.8. The molecule has 4 rings (SSSR count). The number of para-hydroxylation sites is 2. The van der Waals surface area contributed by atoms with Crippen LogP contribution < -0.4 is 10.9 Å². The van der Waals surface area contributed by atoms with Gasteiger partial charge < -0.3 is 0 Å². The number of benzene rings is 2. The van der Waals surface area contributed by atoms with Crippen LogP contribution in [0.2, 0.25) is 0 Å². The molecule has 4 aromatic rings. The van der Waals surface area contributed by atoms with E-state index in [0.29, 0.717) is 16.9 Å². The maximum atomic E-state index is 13.0. The fraction of sp³-hybridized carbons (Fsp3) is 0.0952. The van der Waals surface area contributed by atoms with Gasteiger partial charge in [0, 0.05) is 17.8 Å². The van der Waals surface area contributed by atoms with Crippen LogP contribution in [0.25, 0.3) is 28.6 Å². The number of carbonyl (C=O) groups excluding carboxylic acids is 1. The number of fused-ring (bicyclic) bond motifs is 1. The highest BCUT2D eigenvalue weighted by Gasteiger charge is 2.31. The molecule has 0 unspecified atom stereocenters. The first-order valence-electron chi connectivity index (χ1n) is 9.34. The van der Waals surface area contributed by atoms with Gasteiger partial charge in [-0.15, -0.1) is 5.10 Å². The van der Waals surface area contributed by atoms with E-state index in [1.54, 1.807) is 19.1 Å². The Morgan fingerprint density at radius 2 is 1.88 bits per heavy atom. The Kier molecular flexibility index (Phi) is 5.54. The summed E-state index contributed by atoms with van der Waals surface area (Å²) in [4.78, 5) is 24.6. The number of anilines is 1. The summed E-state index contributed by atoms with van der Waals surface area (Å²) in [6, 6.07) is 10.9. The number of hydrogen-bond acceptors (Lipinski definition) is 6. The van der Waals surface area contributed by atoms with Crippen LogP contribution in [0.1, 0.15) is 11.1 Å². The molecule has 2 heterocycles. The van der Waals surface area contributed by atoms with Gasteiger partial charge in [-0.05, 0) is 42.8 Å². The van der Waals surface area contributed by atoms with Gasteiger partial charge in [-0.2, -0.15) is 13.2 Å². The average molecular weight is 439 g/mol. The lowest BCUT2D eigenvalue weighted by molar-refractivity contribution is -0.137. The monoisotopic (exact) mass is 439 g/mol. The standard InChI is InChI=1S/C21H16F3N7O/c1-13-8-14(10-15(9-13)21(22,23)24)20-26-12-31(30-20)7-6-19(32)29-28-18-11-25-16-4-2-3-5-17(16)27-18/h2-12H,1H3,(H,27,28)(H,29,32)/b7-6-. The molecule has 0 spiro atoms. The molecule has 0 radical (unpaired) electrons. The summed E-state index contributed by atoms with van der Waals surface area (Å²) in [5.41, 5.74) is 6.37. The van der Waals surface area contributed by atoms with E-state index < -0.39 is 17.6 Å². The summed E-state index contributed by atoms with van der Waals surface area (Å²) >= 11 is 0. The third-order valence-electron chi connectivity index (χ3n) is 4.31. The zero-order valence-electron chi connectivity index (χ0n) is 16.6. The van der Waals surface area contributed by atoms with Gasteiger partial charge in [0.25, 0.3) is 5.91 Å². The van der Waals surface area contributed by atoms with Gasteiger partial charge in [0.2, 0.25) is 0 Å². The van der Waals surface area contributed by atoms with Crippen LogP contribution in [-0.4, -0.2) is 30.6 Å². The summed E-state index contributed by atoms with van der Waals surface area (Å²) in [7, 11) is 0. The zero-order valence-corrected chi connectivity index (χ0v) is 16.6. The number of carbonyl (C=O) groups is 1. The Morgan fingerprint density at radius 3 is 2.66 bits per heavy atom. The summed E-state index contributed by atoms with van der Waals surface area (Å²) in [5, 5.41) is 4.10. The molecule has 32 heavy (non-hydrogen) atoms. The Morgan fingerprint density at radius 1 is 1.09 bits per heavy atom. The molecular weight excluding hydrogens is 423 g/mol. The molecule has 8 nitrogen and oxygen atoms in total. The molecule has 0 atom stereocenters. The molecule has 11 heteroatoms. The molecule has 1 amide bonds. The van der Waals surface area contributed by atoms with Crippen molar-refractivity contribution in [1.82, 2.24) is 30.2 Å². The van der Waals surface area contributed by atoms with Crippen molar-refractivity contribution in [3.63, 3.8) is 0 Å². The van der Waals surface area contributed by atoms with Crippen LogP contribution in [0, 0.1) is 6.92 Å². The molecule has 0 saturated heterocycles. The predicted molar refractivity (Wildman–Crippen MR) is 112 cm³/mol. The molecular formula is C21H16F3N7O. The summed E-state index contributed by atoms with van der Waals surface area (Å²) < 4.78 is 40.3. The number of halogens is 3. The van der Waals surface area contributed by atoms with E-state index in [2.05, 4.69) is 30.9 Å². The Hall–Kier alpha value is -4.28. The van der Waals surface area contributed by atoms with Crippen molar-refractivity contribution in [2.45, 2.75) is 13.1 Å². The van der Waals surface area contributed by atoms with Crippen LogP contribution in [0.5, 0.6) is 0 Å². The highest BCUT2D eigenvalue weighted by molar-refractivity contribution is 5.90. The fourth-order valence-electron chi connectivity index (χ4n) is 2.88. The maximum Gasteiger partial charge on any atom is 0.416 e.